The summed E-state index contributed by atoms with van der Waals surface area (Å²) < 4.78 is 5.56. The normalized spacial score (nSPS) is 29.3. The van der Waals surface area contributed by atoms with Gasteiger partial charge >= 0.3 is 6.09 Å². The standard InChI is InChI=1S/C33H49N7O4/c1-7-20-14-22(41)9-11-23(20)21-8-10-24-25(15-21)36-37-29(24)30-34-26-16-28(38(6)18-27(26)35-30)31(42)40-13-12-39(17-19(40)2)32(43)44-33(3,4)5/h9,11,14,19,21,24-25,28-29,36-37,41H,7-8,10,12-13,15-18H2,1-6H3,(H,34,35)/t19-,21?,24?,25?,28-,29?/m0/s1. The smallest absolute Gasteiger partial charge is 0.410 e. The van der Waals surface area contributed by atoms with Crippen LogP contribution in [0.5, 0.6) is 5.75 Å². The molecule has 1 aromatic carbocycles. The highest BCUT2D eigenvalue weighted by Crippen LogP contribution is 2.44. The number of amides is 2. The van der Waals surface area contributed by atoms with E-state index in [1.165, 1.54) is 11.1 Å². The van der Waals surface area contributed by atoms with Gasteiger partial charge in [0.25, 0.3) is 0 Å². The number of ether oxygens (including phenoxy) is 1. The Morgan fingerprint density at radius 2 is 1.95 bits per heavy atom. The van der Waals surface area contributed by atoms with Gasteiger partial charge in [-0.1, -0.05) is 13.0 Å². The van der Waals surface area contributed by atoms with Crippen LogP contribution in [0, 0.1) is 5.92 Å². The number of aromatic amines is 1. The van der Waals surface area contributed by atoms with Crippen molar-refractivity contribution in [2.24, 2.45) is 5.92 Å². The van der Waals surface area contributed by atoms with Crippen LogP contribution in [-0.2, 0) is 28.9 Å². The number of nitrogens with one attached hydrogen (secondary N) is 3. The summed E-state index contributed by atoms with van der Waals surface area (Å²) in [5.41, 5.74) is 11.2. The molecule has 2 aromatic rings. The molecule has 6 atom stereocenters. The third-order valence-corrected chi connectivity index (χ3v) is 10.1. The summed E-state index contributed by atoms with van der Waals surface area (Å²) in [5, 5.41) is 9.97. The van der Waals surface area contributed by atoms with E-state index in [0.29, 0.717) is 56.2 Å². The first-order valence-electron chi connectivity index (χ1n) is 16.3. The molecule has 4 N–H and O–H groups in total. The van der Waals surface area contributed by atoms with Crippen LogP contribution in [0.25, 0.3) is 0 Å². The molecule has 44 heavy (non-hydrogen) atoms. The van der Waals surface area contributed by atoms with Gasteiger partial charge < -0.3 is 24.6 Å². The van der Waals surface area contributed by atoms with E-state index in [1.807, 2.05) is 51.8 Å². The van der Waals surface area contributed by atoms with Gasteiger partial charge in [0.2, 0.25) is 5.91 Å². The molecule has 2 saturated heterocycles. The van der Waals surface area contributed by atoms with E-state index >= 15 is 0 Å². The molecule has 4 aliphatic rings. The fourth-order valence-corrected chi connectivity index (χ4v) is 7.77. The summed E-state index contributed by atoms with van der Waals surface area (Å²) in [6.45, 7) is 11.8. The quantitative estimate of drug-likeness (QED) is 0.416. The molecule has 1 aliphatic carbocycles. The van der Waals surface area contributed by atoms with Gasteiger partial charge in [0.05, 0.1) is 23.5 Å². The molecule has 11 heteroatoms. The second kappa shape index (κ2) is 12.0. The zero-order valence-electron chi connectivity index (χ0n) is 27.0. The summed E-state index contributed by atoms with van der Waals surface area (Å²) in [7, 11) is 2.01. The number of benzene rings is 1. The minimum absolute atomic E-state index is 0.0934. The lowest BCUT2D eigenvalue weighted by molar-refractivity contribution is -0.141. The van der Waals surface area contributed by atoms with Crippen molar-refractivity contribution in [2.45, 2.75) is 109 Å². The van der Waals surface area contributed by atoms with Crippen molar-refractivity contribution < 1.29 is 19.4 Å². The van der Waals surface area contributed by atoms with Crippen LogP contribution in [0.15, 0.2) is 18.2 Å². The van der Waals surface area contributed by atoms with Crippen molar-refractivity contribution in [3.63, 3.8) is 0 Å². The van der Waals surface area contributed by atoms with Gasteiger partial charge in [-0.05, 0) is 95.5 Å². The van der Waals surface area contributed by atoms with Gasteiger partial charge in [-0.2, -0.15) is 0 Å². The van der Waals surface area contributed by atoms with E-state index in [2.05, 4.69) is 33.7 Å². The number of carbonyl (C=O) groups is 2. The van der Waals surface area contributed by atoms with Crippen LogP contribution in [0.1, 0.15) is 94.2 Å². The highest BCUT2D eigenvalue weighted by atomic mass is 16.6. The number of piperazine rings is 1. The van der Waals surface area contributed by atoms with Crippen molar-refractivity contribution in [3.8, 4) is 5.75 Å². The Labute approximate surface area is 260 Å². The Morgan fingerprint density at radius 1 is 1.16 bits per heavy atom. The number of nitrogens with zero attached hydrogens (tertiary/aromatic N) is 4. The molecule has 4 heterocycles. The molecule has 3 fully saturated rings. The van der Waals surface area contributed by atoms with Crippen molar-refractivity contribution >= 4 is 12.0 Å². The minimum atomic E-state index is -0.547. The number of H-pyrrole nitrogens is 1. The van der Waals surface area contributed by atoms with Gasteiger partial charge in [0.15, 0.2) is 0 Å². The first-order valence-corrected chi connectivity index (χ1v) is 16.3. The number of hydrazine groups is 1. The first-order chi connectivity index (χ1) is 20.9. The predicted octanol–water partition coefficient (Wildman–Crippen LogP) is 3.60. The van der Waals surface area contributed by atoms with Crippen LogP contribution in [0.3, 0.4) is 0 Å². The first kappa shape index (κ1) is 30.9. The van der Waals surface area contributed by atoms with Gasteiger partial charge in [-0.3, -0.25) is 15.1 Å². The van der Waals surface area contributed by atoms with E-state index in [4.69, 9.17) is 9.72 Å². The second-order valence-electron chi connectivity index (χ2n) is 14.3. The Kier molecular flexibility index (Phi) is 8.40. The van der Waals surface area contributed by atoms with Gasteiger partial charge in [-0.25, -0.2) is 15.2 Å². The fraction of sp³-hybridized carbons (Fsp3) is 0.667. The van der Waals surface area contributed by atoms with Gasteiger partial charge in [0, 0.05) is 44.7 Å². The topological polar surface area (TPSA) is 126 Å². The average Bonchev–Trinajstić information content (AvgIpc) is 3.58. The number of phenols is 1. The lowest BCUT2D eigenvalue weighted by atomic mass is 9.73. The highest BCUT2D eigenvalue weighted by Gasteiger charge is 2.44. The molecule has 0 bridgehead atoms. The molecule has 0 spiro atoms. The number of rotatable bonds is 4. The lowest BCUT2D eigenvalue weighted by Crippen LogP contribution is -2.60. The number of fused-ring (bicyclic) bond motifs is 2. The van der Waals surface area contributed by atoms with Gasteiger partial charge in [-0.15, -0.1) is 0 Å². The van der Waals surface area contributed by atoms with Crippen LogP contribution in [0.4, 0.5) is 4.79 Å². The van der Waals surface area contributed by atoms with Gasteiger partial charge in [0.1, 0.15) is 17.2 Å². The summed E-state index contributed by atoms with van der Waals surface area (Å²) in [5.74, 6) is 2.29. The number of aryl methyl sites for hydroxylation is 1. The van der Waals surface area contributed by atoms with Crippen LogP contribution in [-0.4, -0.2) is 92.2 Å². The summed E-state index contributed by atoms with van der Waals surface area (Å²) in [4.78, 5) is 40.9. The van der Waals surface area contributed by atoms with Crippen molar-refractivity contribution in [1.29, 1.82) is 0 Å². The SMILES string of the molecule is CCc1cc(O)ccc1C1CCC2C(C1)NNC2c1nc2c([nH]1)CN(C)[C@H](C(=O)N1CCN(C(=O)OC(C)(C)C)C[C@@H]1C)C2. The molecule has 1 saturated carbocycles. The maximum atomic E-state index is 13.8. The molecule has 240 valence electrons. The molecule has 11 nitrogen and oxygen atoms in total. The van der Waals surface area contributed by atoms with E-state index in [9.17, 15) is 14.7 Å². The minimum Gasteiger partial charge on any atom is -0.508 e. The Morgan fingerprint density at radius 3 is 2.68 bits per heavy atom. The molecule has 6 rings (SSSR count). The van der Waals surface area contributed by atoms with E-state index in [-0.39, 0.29) is 30.1 Å². The number of imidazole rings is 1. The second-order valence-corrected chi connectivity index (χ2v) is 14.3. The zero-order valence-corrected chi connectivity index (χ0v) is 27.0. The fourth-order valence-electron chi connectivity index (χ4n) is 7.77. The highest BCUT2D eigenvalue weighted by molar-refractivity contribution is 5.83. The number of likely N-dealkylation sites (N-methyl/N-ethyl adjacent to an activating group) is 1. The molecule has 2 amide bonds. The Hall–Kier alpha value is -3.15. The van der Waals surface area contributed by atoms with Crippen molar-refractivity contribution in [3.05, 3.63) is 46.5 Å². The van der Waals surface area contributed by atoms with Crippen molar-refractivity contribution in [2.75, 3.05) is 26.7 Å². The van der Waals surface area contributed by atoms with E-state index in [1.54, 1.807) is 4.90 Å². The number of hydrogen-bond acceptors (Lipinski definition) is 8. The average molecular weight is 608 g/mol. The monoisotopic (exact) mass is 607 g/mol. The summed E-state index contributed by atoms with van der Waals surface area (Å²) in [6, 6.07) is 5.90. The van der Waals surface area contributed by atoms with E-state index in [0.717, 1.165) is 42.9 Å². The predicted molar refractivity (Wildman–Crippen MR) is 167 cm³/mol. The molecule has 1 aromatic heterocycles. The molecule has 4 unspecified atom stereocenters. The molecular weight excluding hydrogens is 558 g/mol. The third kappa shape index (κ3) is 6.06. The Balaban J connectivity index is 1.09. The summed E-state index contributed by atoms with van der Waals surface area (Å²) >= 11 is 0. The maximum absolute atomic E-state index is 13.8. The van der Waals surface area contributed by atoms with Crippen molar-refractivity contribution in [1.82, 2.24) is 35.5 Å². The summed E-state index contributed by atoms with van der Waals surface area (Å²) in [6.07, 6.45) is 4.40. The lowest BCUT2D eigenvalue weighted by Gasteiger charge is -2.43. The number of aromatic nitrogens is 2. The molecule has 0 radical (unpaired) electrons. The Bertz CT molecular complexity index is 1390. The number of hydrogen-bond donors (Lipinski definition) is 4. The van der Waals surface area contributed by atoms with E-state index < -0.39 is 5.60 Å². The molecule has 3 aliphatic heterocycles. The van der Waals surface area contributed by atoms with Crippen LogP contribution < -0.4 is 10.9 Å². The number of carbonyl (C=O) groups excluding carboxylic acids is 2. The zero-order chi connectivity index (χ0) is 31.3. The van der Waals surface area contributed by atoms with Crippen LogP contribution in [0.2, 0.25) is 0 Å². The maximum Gasteiger partial charge on any atom is 0.410 e. The van der Waals surface area contributed by atoms with Crippen LogP contribution >= 0.6 is 0 Å². The number of aromatic hydroxyl groups is 1. The number of phenolic OH excluding ortho intramolecular Hbond substituents is 1. The molecular formula is C33H49N7O4. The third-order valence-electron chi connectivity index (χ3n) is 10.1. The largest absolute Gasteiger partial charge is 0.508 e.